The molecular weight excluding hydrogens is 264 g/mol. The number of anilines is 1. The molecule has 2 rings (SSSR count). The van der Waals surface area contributed by atoms with Gasteiger partial charge >= 0.3 is 0 Å². The molecule has 1 aromatic heterocycles. The Morgan fingerprint density at radius 1 is 1.32 bits per heavy atom. The van der Waals surface area contributed by atoms with Crippen molar-refractivity contribution >= 4 is 15.7 Å². The second-order valence-electron chi connectivity index (χ2n) is 4.25. The van der Waals surface area contributed by atoms with E-state index in [9.17, 15) is 8.42 Å². The lowest BCUT2D eigenvalue weighted by atomic mass is 10.2. The van der Waals surface area contributed by atoms with Crippen molar-refractivity contribution in [3.05, 3.63) is 47.9 Å². The zero-order valence-corrected chi connectivity index (χ0v) is 11.4. The Labute approximate surface area is 112 Å². The molecule has 0 atom stereocenters. The van der Waals surface area contributed by atoms with Gasteiger partial charge in [-0.3, -0.25) is 0 Å². The second-order valence-corrected chi connectivity index (χ2v) is 6.01. The summed E-state index contributed by atoms with van der Waals surface area (Å²) in [6.45, 7) is 2.11. The van der Waals surface area contributed by atoms with Crippen molar-refractivity contribution in [3.8, 4) is 0 Å². The van der Waals surface area contributed by atoms with Crippen LogP contribution in [0.1, 0.15) is 11.3 Å². The number of rotatable bonds is 5. The third kappa shape index (κ3) is 3.36. The maximum absolute atomic E-state index is 12.0. The van der Waals surface area contributed by atoms with Crippen LogP contribution in [0.15, 0.2) is 45.9 Å². The van der Waals surface area contributed by atoms with Crippen LogP contribution in [0.2, 0.25) is 0 Å². The van der Waals surface area contributed by atoms with Gasteiger partial charge in [0.15, 0.2) is 0 Å². The van der Waals surface area contributed by atoms with Crippen molar-refractivity contribution in [2.24, 2.45) is 0 Å². The first-order valence-electron chi connectivity index (χ1n) is 5.87. The summed E-state index contributed by atoms with van der Waals surface area (Å²) in [4.78, 5) is 0.176. The average Bonchev–Trinajstić information content (AvgIpc) is 2.85. The van der Waals surface area contributed by atoms with Crippen molar-refractivity contribution in [2.45, 2.75) is 18.2 Å². The molecule has 0 radical (unpaired) electrons. The molecule has 1 heterocycles. The smallest absolute Gasteiger partial charge is 0.240 e. The molecule has 102 valence electrons. The van der Waals surface area contributed by atoms with Gasteiger partial charge in [-0.2, -0.15) is 0 Å². The molecule has 2 aromatic rings. The second kappa shape index (κ2) is 5.46. The Kier molecular flexibility index (Phi) is 3.92. The first-order chi connectivity index (χ1) is 8.99. The van der Waals surface area contributed by atoms with Crippen LogP contribution in [0.25, 0.3) is 0 Å². The molecule has 0 bridgehead atoms. The lowest BCUT2D eigenvalue weighted by Crippen LogP contribution is -2.26. The van der Waals surface area contributed by atoms with Gasteiger partial charge < -0.3 is 10.2 Å². The number of nitrogens with two attached hydrogens (primary N) is 1. The lowest BCUT2D eigenvalue weighted by Gasteiger charge is -2.08. The van der Waals surface area contributed by atoms with Gasteiger partial charge in [0.05, 0.1) is 11.2 Å². The molecule has 5 nitrogen and oxygen atoms in total. The molecule has 0 saturated heterocycles. The maximum atomic E-state index is 12.0. The molecule has 0 spiro atoms. The molecule has 0 fully saturated rings. The number of aryl methyl sites for hydroxylation is 1. The molecule has 19 heavy (non-hydrogen) atoms. The predicted molar refractivity (Wildman–Crippen MR) is 73.2 cm³/mol. The summed E-state index contributed by atoms with van der Waals surface area (Å²) in [5.74, 6) is 0.742. The highest BCUT2D eigenvalue weighted by Gasteiger charge is 2.14. The number of hydrogen-bond donors (Lipinski definition) is 2. The van der Waals surface area contributed by atoms with Crippen LogP contribution >= 0.6 is 0 Å². The molecule has 3 N–H and O–H groups in total. The fraction of sp³-hybridized carbons (Fsp3) is 0.231. The third-order valence-corrected chi connectivity index (χ3v) is 4.26. The van der Waals surface area contributed by atoms with Gasteiger partial charge in [-0.1, -0.05) is 6.07 Å². The van der Waals surface area contributed by atoms with E-state index in [1.165, 1.54) is 6.07 Å². The normalized spacial score (nSPS) is 11.6. The molecule has 0 saturated carbocycles. The number of furan rings is 1. The summed E-state index contributed by atoms with van der Waals surface area (Å²) in [5.41, 5.74) is 7.04. The monoisotopic (exact) mass is 280 g/mol. The summed E-state index contributed by atoms with van der Waals surface area (Å²) >= 11 is 0. The average molecular weight is 280 g/mol. The van der Waals surface area contributed by atoms with Crippen molar-refractivity contribution in [1.82, 2.24) is 4.72 Å². The number of benzene rings is 1. The Hall–Kier alpha value is -1.79. The van der Waals surface area contributed by atoms with Crippen LogP contribution < -0.4 is 10.5 Å². The quantitative estimate of drug-likeness (QED) is 0.816. The standard InChI is InChI=1S/C13H16N2O3S/c1-10-4-5-12(9-13(10)14)19(16,17)15-7-6-11-3-2-8-18-11/h2-5,8-9,15H,6-7,14H2,1H3. The topological polar surface area (TPSA) is 85.3 Å². The molecular formula is C13H16N2O3S. The minimum absolute atomic E-state index is 0.176. The largest absolute Gasteiger partial charge is 0.469 e. The molecule has 0 aliphatic carbocycles. The molecule has 1 aromatic carbocycles. The van der Waals surface area contributed by atoms with E-state index in [0.717, 1.165) is 11.3 Å². The van der Waals surface area contributed by atoms with Crippen molar-refractivity contribution in [2.75, 3.05) is 12.3 Å². The highest BCUT2D eigenvalue weighted by Crippen LogP contribution is 2.16. The Morgan fingerprint density at radius 2 is 2.11 bits per heavy atom. The lowest BCUT2D eigenvalue weighted by molar-refractivity contribution is 0.506. The van der Waals surface area contributed by atoms with Gasteiger partial charge in [-0.15, -0.1) is 0 Å². The van der Waals surface area contributed by atoms with E-state index in [0.29, 0.717) is 12.1 Å². The van der Waals surface area contributed by atoms with E-state index in [1.807, 2.05) is 6.92 Å². The minimum Gasteiger partial charge on any atom is -0.469 e. The van der Waals surface area contributed by atoms with E-state index >= 15 is 0 Å². The first-order valence-corrected chi connectivity index (χ1v) is 7.35. The number of nitrogen functional groups attached to an aromatic ring is 1. The predicted octanol–water partition coefficient (Wildman–Crippen LogP) is 1.69. The van der Waals surface area contributed by atoms with Gasteiger partial charge in [0.25, 0.3) is 0 Å². The minimum atomic E-state index is -3.52. The van der Waals surface area contributed by atoms with Gasteiger partial charge in [-0.05, 0) is 36.8 Å². The molecule has 0 amide bonds. The van der Waals surface area contributed by atoms with Crippen LogP contribution in [-0.4, -0.2) is 15.0 Å². The number of hydrogen-bond acceptors (Lipinski definition) is 4. The SMILES string of the molecule is Cc1ccc(S(=O)(=O)NCCc2ccco2)cc1N. The highest BCUT2D eigenvalue weighted by atomic mass is 32.2. The zero-order valence-electron chi connectivity index (χ0n) is 10.6. The first kappa shape index (κ1) is 13.6. The summed E-state index contributed by atoms with van der Waals surface area (Å²) in [7, 11) is -3.52. The zero-order chi connectivity index (χ0) is 13.9. The maximum Gasteiger partial charge on any atom is 0.240 e. The molecule has 6 heteroatoms. The number of sulfonamides is 1. The highest BCUT2D eigenvalue weighted by molar-refractivity contribution is 7.89. The van der Waals surface area contributed by atoms with Crippen LogP contribution in [0.4, 0.5) is 5.69 Å². The number of nitrogens with one attached hydrogen (secondary N) is 1. The fourth-order valence-corrected chi connectivity index (χ4v) is 2.70. The van der Waals surface area contributed by atoms with Gasteiger partial charge in [0.2, 0.25) is 10.0 Å². The van der Waals surface area contributed by atoms with Crippen LogP contribution in [0.5, 0.6) is 0 Å². The van der Waals surface area contributed by atoms with Crippen LogP contribution in [-0.2, 0) is 16.4 Å². The van der Waals surface area contributed by atoms with E-state index < -0.39 is 10.0 Å². The fourth-order valence-electron chi connectivity index (χ4n) is 1.63. The van der Waals surface area contributed by atoms with Crippen molar-refractivity contribution in [1.29, 1.82) is 0 Å². The Morgan fingerprint density at radius 3 is 2.74 bits per heavy atom. The third-order valence-electron chi connectivity index (χ3n) is 2.80. The molecule has 0 aliphatic rings. The van der Waals surface area contributed by atoms with Gasteiger partial charge in [-0.25, -0.2) is 13.1 Å². The summed E-state index contributed by atoms with van der Waals surface area (Å²) in [6, 6.07) is 8.27. The van der Waals surface area contributed by atoms with Crippen LogP contribution in [0.3, 0.4) is 0 Å². The van der Waals surface area contributed by atoms with E-state index in [1.54, 1.807) is 30.5 Å². The molecule has 0 unspecified atom stereocenters. The van der Waals surface area contributed by atoms with Crippen molar-refractivity contribution < 1.29 is 12.8 Å². The van der Waals surface area contributed by atoms with Gasteiger partial charge in [0, 0.05) is 18.7 Å². The summed E-state index contributed by atoms with van der Waals surface area (Å²) in [6.07, 6.45) is 2.07. The summed E-state index contributed by atoms with van der Waals surface area (Å²) < 4.78 is 31.7. The Bertz CT molecular complexity index is 649. The van der Waals surface area contributed by atoms with E-state index in [2.05, 4.69) is 4.72 Å². The van der Waals surface area contributed by atoms with E-state index in [4.69, 9.17) is 10.2 Å². The Balaban J connectivity index is 2.03. The van der Waals surface area contributed by atoms with E-state index in [-0.39, 0.29) is 11.4 Å². The summed E-state index contributed by atoms with van der Waals surface area (Å²) in [5, 5.41) is 0. The molecule has 0 aliphatic heterocycles. The van der Waals surface area contributed by atoms with Crippen molar-refractivity contribution in [3.63, 3.8) is 0 Å². The van der Waals surface area contributed by atoms with Gasteiger partial charge in [0.1, 0.15) is 5.76 Å². The van der Waals surface area contributed by atoms with Crippen LogP contribution in [0, 0.1) is 6.92 Å².